The maximum atomic E-state index is 4.86. The van der Waals surface area contributed by atoms with Gasteiger partial charge in [0.05, 0.1) is 5.69 Å². The lowest BCUT2D eigenvalue weighted by molar-refractivity contribution is 1.02. The predicted molar refractivity (Wildman–Crippen MR) is 79.0 cm³/mol. The van der Waals surface area contributed by atoms with Gasteiger partial charge in [0.1, 0.15) is 0 Å². The maximum Gasteiger partial charge on any atom is 0.0769 e. The third kappa shape index (κ3) is 2.34. The number of para-hydroxylation sites is 1. The SMILES string of the molecule is CC1CC(c2ccccc2)=Nc2ccccc2S1. The average molecular weight is 253 g/mol. The van der Waals surface area contributed by atoms with Gasteiger partial charge in [0, 0.05) is 22.3 Å². The number of hydrogen-bond donors (Lipinski definition) is 0. The van der Waals surface area contributed by atoms with E-state index in [4.69, 9.17) is 4.99 Å². The summed E-state index contributed by atoms with van der Waals surface area (Å²) in [5.41, 5.74) is 3.54. The van der Waals surface area contributed by atoms with Crippen LogP contribution in [0.15, 0.2) is 64.5 Å². The molecule has 2 heteroatoms. The molecule has 0 bridgehead atoms. The molecule has 0 aliphatic carbocycles. The van der Waals surface area contributed by atoms with Gasteiger partial charge in [-0.05, 0) is 17.7 Å². The molecule has 0 aromatic heterocycles. The second-order valence-electron chi connectivity index (χ2n) is 4.52. The van der Waals surface area contributed by atoms with Gasteiger partial charge in [0.2, 0.25) is 0 Å². The van der Waals surface area contributed by atoms with E-state index in [1.54, 1.807) is 0 Å². The van der Waals surface area contributed by atoms with Gasteiger partial charge < -0.3 is 0 Å². The van der Waals surface area contributed by atoms with Crippen molar-refractivity contribution in [2.45, 2.75) is 23.5 Å². The zero-order chi connectivity index (χ0) is 12.4. The Labute approximate surface area is 112 Å². The summed E-state index contributed by atoms with van der Waals surface area (Å²) < 4.78 is 0. The fourth-order valence-electron chi connectivity index (χ4n) is 2.18. The fraction of sp³-hybridized carbons (Fsp3) is 0.188. The van der Waals surface area contributed by atoms with Crippen LogP contribution in [0.4, 0.5) is 5.69 Å². The normalized spacial score (nSPS) is 18.7. The molecule has 3 rings (SSSR count). The monoisotopic (exact) mass is 253 g/mol. The third-order valence-corrected chi connectivity index (χ3v) is 4.20. The van der Waals surface area contributed by atoms with Crippen molar-refractivity contribution < 1.29 is 0 Å². The van der Waals surface area contributed by atoms with Crippen molar-refractivity contribution in [2.24, 2.45) is 4.99 Å². The van der Waals surface area contributed by atoms with Crippen molar-refractivity contribution in [1.29, 1.82) is 0 Å². The molecule has 1 aliphatic heterocycles. The van der Waals surface area contributed by atoms with Gasteiger partial charge in [0.25, 0.3) is 0 Å². The van der Waals surface area contributed by atoms with Crippen molar-refractivity contribution in [3.8, 4) is 0 Å². The quantitative estimate of drug-likeness (QED) is 0.718. The van der Waals surface area contributed by atoms with E-state index in [1.165, 1.54) is 16.2 Å². The van der Waals surface area contributed by atoms with E-state index in [9.17, 15) is 0 Å². The van der Waals surface area contributed by atoms with Crippen molar-refractivity contribution >= 4 is 23.2 Å². The Balaban J connectivity index is 2.08. The molecule has 90 valence electrons. The van der Waals surface area contributed by atoms with Crippen LogP contribution >= 0.6 is 11.8 Å². The Morgan fingerprint density at radius 1 is 1.00 bits per heavy atom. The van der Waals surface area contributed by atoms with Crippen molar-refractivity contribution in [1.82, 2.24) is 0 Å². The Morgan fingerprint density at radius 3 is 2.56 bits per heavy atom. The summed E-state index contributed by atoms with van der Waals surface area (Å²) >= 11 is 1.92. The molecule has 0 N–H and O–H groups in total. The highest BCUT2D eigenvalue weighted by atomic mass is 32.2. The molecule has 0 radical (unpaired) electrons. The number of fused-ring (bicyclic) bond motifs is 1. The molecule has 0 spiro atoms. The molecule has 1 heterocycles. The molecule has 18 heavy (non-hydrogen) atoms. The first-order chi connectivity index (χ1) is 8.83. The van der Waals surface area contributed by atoms with Gasteiger partial charge >= 0.3 is 0 Å². The smallest absolute Gasteiger partial charge is 0.0769 e. The first kappa shape index (κ1) is 11.5. The highest BCUT2D eigenvalue weighted by Gasteiger charge is 2.16. The lowest BCUT2D eigenvalue weighted by atomic mass is 10.1. The van der Waals surface area contributed by atoms with E-state index in [0.29, 0.717) is 5.25 Å². The summed E-state index contributed by atoms with van der Waals surface area (Å²) in [6.45, 7) is 2.27. The summed E-state index contributed by atoms with van der Waals surface area (Å²) in [7, 11) is 0. The molecule has 1 atom stereocenters. The molecule has 0 fully saturated rings. The van der Waals surface area contributed by atoms with Crippen LogP contribution in [-0.2, 0) is 0 Å². The van der Waals surface area contributed by atoms with E-state index in [1.807, 2.05) is 17.8 Å². The maximum absolute atomic E-state index is 4.86. The third-order valence-electron chi connectivity index (χ3n) is 3.04. The minimum Gasteiger partial charge on any atom is -0.252 e. The second kappa shape index (κ2) is 4.99. The molecule has 2 aromatic rings. The van der Waals surface area contributed by atoms with Crippen LogP contribution in [0.3, 0.4) is 0 Å². The summed E-state index contributed by atoms with van der Waals surface area (Å²) in [6.07, 6.45) is 1.02. The number of thioether (sulfide) groups is 1. The Morgan fingerprint density at radius 2 is 1.72 bits per heavy atom. The van der Waals surface area contributed by atoms with Gasteiger partial charge in [-0.25, -0.2) is 0 Å². The fourth-order valence-corrected chi connectivity index (χ4v) is 3.25. The predicted octanol–water partition coefficient (Wildman–Crippen LogP) is 4.69. The van der Waals surface area contributed by atoms with E-state index < -0.39 is 0 Å². The molecule has 2 aromatic carbocycles. The molecule has 0 saturated carbocycles. The van der Waals surface area contributed by atoms with Crippen LogP contribution in [0.2, 0.25) is 0 Å². The minimum atomic E-state index is 0.563. The lowest BCUT2D eigenvalue weighted by Crippen LogP contribution is -2.06. The number of aliphatic imine (C=N–C) groups is 1. The number of hydrogen-bond acceptors (Lipinski definition) is 2. The highest BCUT2D eigenvalue weighted by molar-refractivity contribution is 8.00. The van der Waals surface area contributed by atoms with E-state index in [0.717, 1.165) is 12.1 Å². The number of nitrogens with zero attached hydrogens (tertiary/aromatic N) is 1. The Hall–Kier alpha value is -1.54. The van der Waals surface area contributed by atoms with Crippen molar-refractivity contribution in [3.63, 3.8) is 0 Å². The topological polar surface area (TPSA) is 12.4 Å². The number of rotatable bonds is 1. The van der Waals surface area contributed by atoms with E-state index in [2.05, 4.69) is 55.5 Å². The van der Waals surface area contributed by atoms with Gasteiger partial charge in [0.15, 0.2) is 0 Å². The summed E-state index contributed by atoms with van der Waals surface area (Å²) in [5, 5.41) is 0.563. The average Bonchev–Trinajstić information content (AvgIpc) is 2.57. The van der Waals surface area contributed by atoms with E-state index >= 15 is 0 Å². The first-order valence-electron chi connectivity index (χ1n) is 6.21. The molecule has 0 amide bonds. The molecular weight excluding hydrogens is 238 g/mol. The van der Waals surface area contributed by atoms with Crippen LogP contribution in [0.25, 0.3) is 0 Å². The second-order valence-corrected chi connectivity index (χ2v) is 6.01. The van der Waals surface area contributed by atoms with Gasteiger partial charge in [-0.1, -0.05) is 49.4 Å². The van der Waals surface area contributed by atoms with Gasteiger partial charge in [-0.2, -0.15) is 0 Å². The largest absolute Gasteiger partial charge is 0.252 e. The molecular formula is C16H15NS. The van der Waals surface area contributed by atoms with Gasteiger partial charge in [-0.15, -0.1) is 11.8 Å². The Kier molecular flexibility index (Phi) is 3.20. The molecule has 0 saturated heterocycles. The molecule has 1 aliphatic rings. The van der Waals surface area contributed by atoms with Crippen LogP contribution in [0.5, 0.6) is 0 Å². The lowest BCUT2D eigenvalue weighted by Gasteiger charge is -2.09. The van der Waals surface area contributed by atoms with Crippen molar-refractivity contribution in [2.75, 3.05) is 0 Å². The first-order valence-corrected chi connectivity index (χ1v) is 7.09. The van der Waals surface area contributed by atoms with Crippen LogP contribution in [-0.4, -0.2) is 11.0 Å². The Bertz CT molecular complexity index is 575. The zero-order valence-corrected chi connectivity index (χ0v) is 11.2. The summed E-state index contributed by atoms with van der Waals surface area (Å²) in [4.78, 5) is 6.14. The van der Waals surface area contributed by atoms with Crippen LogP contribution in [0, 0.1) is 0 Å². The van der Waals surface area contributed by atoms with Gasteiger partial charge in [-0.3, -0.25) is 4.99 Å². The van der Waals surface area contributed by atoms with Crippen LogP contribution < -0.4 is 0 Å². The number of benzene rings is 2. The minimum absolute atomic E-state index is 0.563. The zero-order valence-electron chi connectivity index (χ0n) is 10.3. The van der Waals surface area contributed by atoms with E-state index in [-0.39, 0.29) is 0 Å². The molecule has 1 nitrogen and oxygen atoms in total. The standard InChI is InChI=1S/C16H15NS/c1-12-11-15(13-7-3-2-4-8-13)17-14-9-5-6-10-16(14)18-12/h2-10,12H,11H2,1H3. The van der Waals surface area contributed by atoms with Crippen molar-refractivity contribution in [3.05, 3.63) is 60.2 Å². The highest BCUT2D eigenvalue weighted by Crippen LogP contribution is 2.37. The summed E-state index contributed by atoms with van der Waals surface area (Å²) in [5.74, 6) is 0. The summed E-state index contributed by atoms with van der Waals surface area (Å²) in [6, 6.07) is 18.9. The van der Waals surface area contributed by atoms with Crippen LogP contribution in [0.1, 0.15) is 18.9 Å². The molecule has 1 unspecified atom stereocenters.